The number of piperidine rings is 1. The van der Waals surface area contributed by atoms with E-state index in [4.69, 9.17) is 0 Å². The van der Waals surface area contributed by atoms with Crippen LogP contribution in [0.4, 0.5) is 0 Å². The molecule has 0 spiro atoms. The van der Waals surface area contributed by atoms with Crippen molar-refractivity contribution < 1.29 is 9.59 Å². The van der Waals surface area contributed by atoms with Crippen LogP contribution in [-0.4, -0.2) is 38.5 Å². The number of carbonyl (C=O) groups excluding carboxylic acids is 2. The molecular formula is C10H19N3O2. The maximum atomic E-state index is 11.4. The van der Waals surface area contributed by atoms with Crippen molar-refractivity contribution >= 4 is 11.8 Å². The molecule has 0 radical (unpaired) electrons. The molecule has 2 amide bonds. The molecule has 0 aromatic carbocycles. The first-order chi connectivity index (χ1) is 7.22. The molecule has 1 fully saturated rings. The van der Waals surface area contributed by atoms with Crippen molar-refractivity contribution in [3.63, 3.8) is 0 Å². The Balaban J connectivity index is 2.14. The molecule has 0 unspecified atom stereocenters. The highest BCUT2D eigenvalue weighted by Crippen LogP contribution is 2.15. The number of amides is 2. The quantitative estimate of drug-likeness (QED) is 0.575. The standard InChI is InChI=1S/C10H19N3O2/c1-11-10(15)7-13-9(14)6-8-2-4-12-5-3-8/h8,12H,2-7H2,1H3,(H,11,15)(H,13,14). The van der Waals surface area contributed by atoms with Crippen LogP contribution in [0.1, 0.15) is 19.3 Å². The number of carbonyl (C=O) groups is 2. The Kier molecular flexibility index (Phi) is 5.10. The lowest BCUT2D eigenvalue weighted by molar-refractivity contribution is -0.126. The van der Waals surface area contributed by atoms with Gasteiger partial charge in [0, 0.05) is 13.5 Å². The predicted molar refractivity (Wildman–Crippen MR) is 57.3 cm³/mol. The van der Waals surface area contributed by atoms with E-state index in [-0.39, 0.29) is 18.4 Å². The fourth-order valence-electron chi connectivity index (χ4n) is 1.69. The van der Waals surface area contributed by atoms with Crippen LogP contribution in [-0.2, 0) is 9.59 Å². The summed E-state index contributed by atoms with van der Waals surface area (Å²) in [4.78, 5) is 22.3. The largest absolute Gasteiger partial charge is 0.358 e. The van der Waals surface area contributed by atoms with E-state index in [2.05, 4.69) is 16.0 Å². The third kappa shape index (κ3) is 4.78. The average molecular weight is 213 g/mol. The summed E-state index contributed by atoms with van der Waals surface area (Å²) in [5.74, 6) is 0.287. The second-order valence-electron chi connectivity index (χ2n) is 3.85. The zero-order valence-corrected chi connectivity index (χ0v) is 9.14. The maximum absolute atomic E-state index is 11.4. The van der Waals surface area contributed by atoms with Gasteiger partial charge < -0.3 is 16.0 Å². The summed E-state index contributed by atoms with van der Waals surface area (Å²) in [7, 11) is 1.56. The van der Waals surface area contributed by atoms with Gasteiger partial charge in [-0.2, -0.15) is 0 Å². The number of likely N-dealkylation sites (N-methyl/N-ethyl adjacent to an activating group) is 1. The normalized spacial score (nSPS) is 17.1. The summed E-state index contributed by atoms with van der Waals surface area (Å²) < 4.78 is 0. The molecule has 1 saturated heterocycles. The molecule has 5 heteroatoms. The monoisotopic (exact) mass is 213 g/mol. The Morgan fingerprint density at radius 1 is 1.27 bits per heavy atom. The van der Waals surface area contributed by atoms with Crippen LogP contribution < -0.4 is 16.0 Å². The van der Waals surface area contributed by atoms with E-state index in [0.717, 1.165) is 25.9 Å². The predicted octanol–water partition coefficient (Wildman–Crippen LogP) is -0.762. The summed E-state index contributed by atoms with van der Waals surface area (Å²) in [5, 5.41) is 8.32. The van der Waals surface area contributed by atoms with Crippen molar-refractivity contribution in [2.75, 3.05) is 26.7 Å². The Morgan fingerprint density at radius 3 is 2.53 bits per heavy atom. The molecule has 15 heavy (non-hydrogen) atoms. The molecule has 0 bridgehead atoms. The molecule has 1 rings (SSSR count). The van der Waals surface area contributed by atoms with Gasteiger partial charge in [0.05, 0.1) is 6.54 Å². The minimum Gasteiger partial charge on any atom is -0.358 e. The molecule has 0 atom stereocenters. The molecule has 86 valence electrons. The van der Waals surface area contributed by atoms with E-state index in [1.54, 1.807) is 7.05 Å². The summed E-state index contributed by atoms with van der Waals surface area (Å²) >= 11 is 0. The van der Waals surface area contributed by atoms with Gasteiger partial charge in [0.2, 0.25) is 11.8 Å². The first kappa shape index (κ1) is 12.0. The number of hydrogen-bond acceptors (Lipinski definition) is 3. The lowest BCUT2D eigenvalue weighted by Crippen LogP contribution is -2.37. The molecule has 0 saturated carbocycles. The van der Waals surface area contributed by atoms with E-state index in [0.29, 0.717) is 12.3 Å². The SMILES string of the molecule is CNC(=O)CNC(=O)CC1CCNCC1. The molecule has 1 aliphatic rings. The van der Waals surface area contributed by atoms with Crippen LogP contribution in [0.15, 0.2) is 0 Å². The second-order valence-corrected chi connectivity index (χ2v) is 3.85. The Morgan fingerprint density at radius 2 is 1.93 bits per heavy atom. The number of hydrogen-bond donors (Lipinski definition) is 3. The summed E-state index contributed by atoms with van der Waals surface area (Å²) in [5.41, 5.74) is 0. The van der Waals surface area contributed by atoms with Gasteiger partial charge in [0.25, 0.3) is 0 Å². The molecule has 3 N–H and O–H groups in total. The molecule has 1 heterocycles. The van der Waals surface area contributed by atoms with E-state index in [1.165, 1.54) is 0 Å². The van der Waals surface area contributed by atoms with Gasteiger partial charge in [-0.1, -0.05) is 0 Å². The van der Waals surface area contributed by atoms with Gasteiger partial charge in [-0.15, -0.1) is 0 Å². The maximum Gasteiger partial charge on any atom is 0.239 e. The minimum atomic E-state index is -0.159. The van der Waals surface area contributed by atoms with Crippen LogP contribution in [0.2, 0.25) is 0 Å². The zero-order valence-electron chi connectivity index (χ0n) is 9.14. The average Bonchev–Trinajstić information content (AvgIpc) is 2.27. The van der Waals surface area contributed by atoms with Crippen molar-refractivity contribution in [1.82, 2.24) is 16.0 Å². The van der Waals surface area contributed by atoms with E-state index < -0.39 is 0 Å². The molecule has 5 nitrogen and oxygen atoms in total. The highest BCUT2D eigenvalue weighted by Gasteiger charge is 2.16. The highest BCUT2D eigenvalue weighted by atomic mass is 16.2. The van der Waals surface area contributed by atoms with Gasteiger partial charge >= 0.3 is 0 Å². The van der Waals surface area contributed by atoms with Crippen molar-refractivity contribution in [2.45, 2.75) is 19.3 Å². The van der Waals surface area contributed by atoms with Crippen LogP contribution in [0.25, 0.3) is 0 Å². The van der Waals surface area contributed by atoms with Crippen LogP contribution in [0.5, 0.6) is 0 Å². The van der Waals surface area contributed by atoms with Crippen LogP contribution >= 0.6 is 0 Å². The fraction of sp³-hybridized carbons (Fsp3) is 0.800. The van der Waals surface area contributed by atoms with Crippen LogP contribution in [0.3, 0.4) is 0 Å². The summed E-state index contributed by atoms with van der Waals surface area (Å²) in [6.07, 6.45) is 2.64. The van der Waals surface area contributed by atoms with Gasteiger partial charge in [0.15, 0.2) is 0 Å². The molecule has 0 aromatic rings. The van der Waals surface area contributed by atoms with Gasteiger partial charge in [0.1, 0.15) is 0 Å². The van der Waals surface area contributed by atoms with E-state index in [1.807, 2.05) is 0 Å². The Labute approximate surface area is 90.0 Å². The smallest absolute Gasteiger partial charge is 0.239 e. The number of nitrogens with one attached hydrogen (secondary N) is 3. The molecular weight excluding hydrogens is 194 g/mol. The Bertz CT molecular complexity index is 225. The second kappa shape index (κ2) is 6.40. The fourth-order valence-corrected chi connectivity index (χ4v) is 1.69. The minimum absolute atomic E-state index is 0.0227. The summed E-state index contributed by atoms with van der Waals surface area (Å²) in [6.45, 7) is 2.07. The van der Waals surface area contributed by atoms with Crippen molar-refractivity contribution in [2.24, 2.45) is 5.92 Å². The van der Waals surface area contributed by atoms with Gasteiger partial charge in [-0.3, -0.25) is 9.59 Å². The van der Waals surface area contributed by atoms with Crippen molar-refractivity contribution in [3.8, 4) is 0 Å². The van der Waals surface area contributed by atoms with E-state index >= 15 is 0 Å². The highest BCUT2D eigenvalue weighted by molar-refractivity contribution is 5.84. The molecule has 0 aromatic heterocycles. The van der Waals surface area contributed by atoms with Crippen molar-refractivity contribution in [1.29, 1.82) is 0 Å². The zero-order chi connectivity index (χ0) is 11.1. The lowest BCUT2D eigenvalue weighted by Gasteiger charge is -2.21. The topological polar surface area (TPSA) is 70.2 Å². The van der Waals surface area contributed by atoms with Gasteiger partial charge in [-0.05, 0) is 31.8 Å². The third-order valence-electron chi connectivity index (χ3n) is 2.66. The summed E-state index contributed by atoms with van der Waals surface area (Å²) in [6, 6.07) is 0. The Hall–Kier alpha value is -1.10. The van der Waals surface area contributed by atoms with Crippen LogP contribution in [0, 0.1) is 5.92 Å². The number of rotatable bonds is 4. The van der Waals surface area contributed by atoms with Crippen molar-refractivity contribution in [3.05, 3.63) is 0 Å². The molecule has 0 aliphatic carbocycles. The van der Waals surface area contributed by atoms with Gasteiger partial charge in [-0.25, -0.2) is 0 Å². The molecule has 1 aliphatic heterocycles. The van der Waals surface area contributed by atoms with E-state index in [9.17, 15) is 9.59 Å². The lowest BCUT2D eigenvalue weighted by atomic mass is 9.94. The first-order valence-electron chi connectivity index (χ1n) is 5.40. The first-order valence-corrected chi connectivity index (χ1v) is 5.40. The third-order valence-corrected chi connectivity index (χ3v) is 2.66.